The van der Waals surface area contributed by atoms with E-state index in [0.29, 0.717) is 6.54 Å². The van der Waals surface area contributed by atoms with Crippen LogP contribution in [0.1, 0.15) is 22.6 Å². The lowest BCUT2D eigenvalue weighted by atomic mass is 9.88. The fourth-order valence-electron chi connectivity index (χ4n) is 3.34. The highest BCUT2D eigenvalue weighted by Crippen LogP contribution is 2.34. The van der Waals surface area contributed by atoms with E-state index in [1.54, 1.807) is 0 Å². The third kappa shape index (κ3) is 3.20. The summed E-state index contributed by atoms with van der Waals surface area (Å²) in [7, 11) is 0. The van der Waals surface area contributed by atoms with Crippen LogP contribution in [-0.4, -0.2) is 29.1 Å². The smallest absolute Gasteiger partial charge is 0.308 e. The molecular formula is C19H21NO2. The first-order valence-corrected chi connectivity index (χ1v) is 7.69. The number of hydrogen-bond donors (Lipinski definition) is 1. The zero-order chi connectivity index (χ0) is 15.5. The molecule has 1 heterocycles. The number of aryl methyl sites for hydroxylation is 1. The number of benzene rings is 2. The van der Waals surface area contributed by atoms with Gasteiger partial charge in [-0.15, -0.1) is 0 Å². The van der Waals surface area contributed by atoms with E-state index in [2.05, 4.69) is 42.2 Å². The van der Waals surface area contributed by atoms with Crippen LogP contribution in [0.3, 0.4) is 0 Å². The van der Waals surface area contributed by atoms with Gasteiger partial charge >= 0.3 is 5.97 Å². The van der Waals surface area contributed by atoms with Gasteiger partial charge in [-0.1, -0.05) is 60.2 Å². The van der Waals surface area contributed by atoms with Gasteiger partial charge in [0.05, 0.1) is 5.92 Å². The summed E-state index contributed by atoms with van der Waals surface area (Å²) in [5, 5.41) is 9.57. The SMILES string of the molecule is Cc1cccc([C@@H]2CN(Cc3ccccc3)C[C@H]2C(=O)O)c1. The second kappa shape index (κ2) is 6.32. The van der Waals surface area contributed by atoms with Crippen molar-refractivity contribution in [3.05, 3.63) is 71.3 Å². The van der Waals surface area contributed by atoms with Crippen LogP contribution in [0.25, 0.3) is 0 Å². The number of aliphatic carboxylic acids is 1. The molecule has 0 saturated carbocycles. The Morgan fingerprint density at radius 1 is 1.14 bits per heavy atom. The van der Waals surface area contributed by atoms with E-state index in [9.17, 15) is 9.90 Å². The van der Waals surface area contributed by atoms with E-state index in [1.165, 1.54) is 11.1 Å². The molecule has 1 N–H and O–H groups in total. The van der Waals surface area contributed by atoms with E-state index >= 15 is 0 Å². The Hall–Kier alpha value is -2.13. The van der Waals surface area contributed by atoms with E-state index in [0.717, 1.165) is 18.7 Å². The number of nitrogens with zero attached hydrogens (tertiary/aromatic N) is 1. The standard InChI is InChI=1S/C19H21NO2/c1-14-6-5-9-16(10-14)17-12-20(13-18(17)19(21)22)11-15-7-3-2-4-8-15/h2-10,17-18H,11-13H2,1H3,(H,21,22)/t17-,18+/m0/s1. The molecule has 1 fully saturated rings. The molecule has 0 unspecified atom stereocenters. The molecule has 0 amide bonds. The second-order valence-electron chi connectivity index (χ2n) is 6.15. The van der Waals surface area contributed by atoms with Crippen molar-refractivity contribution in [2.75, 3.05) is 13.1 Å². The number of carboxylic acids is 1. The van der Waals surface area contributed by atoms with Gasteiger partial charge in [0, 0.05) is 25.6 Å². The highest BCUT2D eigenvalue weighted by atomic mass is 16.4. The molecule has 2 aromatic rings. The van der Waals surface area contributed by atoms with Crippen LogP contribution in [0.5, 0.6) is 0 Å². The van der Waals surface area contributed by atoms with E-state index in [-0.39, 0.29) is 11.8 Å². The topological polar surface area (TPSA) is 40.5 Å². The van der Waals surface area contributed by atoms with E-state index < -0.39 is 5.97 Å². The summed E-state index contributed by atoms with van der Waals surface area (Å²) in [4.78, 5) is 13.9. The molecule has 114 valence electrons. The van der Waals surface area contributed by atoms with Crippen LogP contribution in [-0.2, 0) is 11.3 Å². The van der Waals surface area contributed by atoms with Gasteiger partial charge in [-0.2, -0.15) is 0 Å². The monoisotopic (exact) mass is 295 g/mol. The van der Waals surface area contributed by atoms with Gasteiger partial charge in [0.1, 0.15) is 0 Å². The average molecular weight is 295 g/mol. The maximum Gasteiger partial charge on any atom is 0.308 e. The Labute approximate surface area is 131 Å². The molecule has 0 aromatic heterocycles. The van der Waals surface area contributed by atoms with Gasteiger partial charge in [0.25, 0.3) is 0 Å². The number of likely N-dealkylation sites (tertiary alicyclic amines) is 1. The maximum absolute atomic E-state index is 11.6. The largest absolute Gasteiger partial charge is 0.481 e. The van der Waals surface area contributed by atoms with Crippen molar-refractivity contribution in [3.8, 4) is 0 Å². The van der Waals surface area contributed by atoms with Crippen molar-refractivity contribution in [2.45, 2.75) is 19.4 Å². The molecule has 2 aromatic carbocycles. The summed E-state index contributed by atoms with van der Waals surface area (Å²) >= 11 is 0. The lowest BCUT2D eigenvalue weighted by molar-refractivity contribution is -0.141. The molecule has 3 nitrogen and oxygen atoms in total. The summed E-state index contributed by atoms with van der Waals surface area (Å²) in [5.74, 6) is -0.950. The fraction of sp³-hybridized carbons (Fsp3) is 0.316. The molecule has 1 saturated heterocycles. The maximum atomic E-state index is 11.6. The van der Waals surface area contributed by atoms with Gasteiger partial charge in [-0.25, -0.2) is 0 Å². The molecule has 22 heavy (non-hydrogen) atoms. The van der Waals surface area contributed by atoms with Gasteiger partial charge in [-0.3, -0.25) is 9.69 Å². The number of carboxylic acid groups (broad SMARTS) is 1. The minimum atomic E-state index is -0.693. The van der Waals surface area contributed by atoms with Gasteiger partial charge in [0.2, 0.25) is 0 Å². The average Bonchev–Trinajstić information content (AvgIpc) is 2.92. The predicted molar refractivity (Wildman–Crippen MR) is 86.8 cm³/mol. The minimum absolute atomic E-state index is 0.0705. The molecule has 0 aliphatic carbocycles. The van der Waals surface area contributed by atoms with Crippen molar-refractivity contribution in [2.24, 2.45) is 5.92 Å². The number of rotatable bonds is 4. The van der Waals surface area contributed by atoms with Crippen LogP contribution < -0.4 is 0 Å². The molecule has 2 atom stereocenters. The Morgan fingerprint density at radius 3 is 2.59 bits per heavy atom. The summed E-state index contributed by atoms with van der Waals surface area (Å²) in [6, 6.07) is 18.5. The van der Waals surface area contributed by atoms with Crippen molar-refractivity contribution in [1.82, 2.24) is 4.90 Å². The Balaban J connectivity index is 1.79. The molecule has 1 aliphatic rings. The lowest BCUT2D eigenvalue weighted by Gasteiger charge is -2.16. The van der Waals surface area contributed by atoms with E-state index in [1.807, 2.05) is 24.3 Å². The van der Waals surface area contributed by atoms with Crippen LogP contribution in [0.15, 0.2) is 54.6 Å². The lowest BCUT2D eigenvalue weighted by Crippen LogP contribution is -2.23. The normalized spacial score (nSPS) is 21.9. The third-order valence-corrected chi connectivity index (χ3v) is 4.43. The minimum Gasteiger partial charge on any atom is -0.481 e. The first kappa shape index (κ1) is 14.8. The zero-order valence-electron chi connectivity index (χ0n) is 12.8. The number of hydrogen-bond acceptors (Lipinski definition) is 2. The molecule has 0 spiro atoms. The highest BCUT2D eigenvalue weighted by molar-refractivity contribution is 5.72. The Kier molecular flexibility index (Phi) is 4.25. The fourth-order valence-corrected chi connectivity index (χ4v) is 3.34. The highest BCUT2D eigenvalue weighted by Gasteiger charge is 2.38. The van der Waals surface area contributed by atoms with Crippen LogP contribution in [0.2, 0.25) is 0 Å². The summed E-state index contributed by atoms with van der Waals surface area (Å²) in [6.07, 6.45) is 0. The summed E-state index contributed by atoms with van der Waals surface area (Å²) in [5.41, 5.74) is 3.56. The van der Waals surface area contributed by atoms with Crippen molar-refractivity contribution in [3.63, 3.8) is 0 Å². The quantitative estimate of drug-likeness (QED) is 0.941. The van der Waals surface area contributed by atoms with Gasteiger partial charge in [0.15, 0.2) is 0 Å². The first-order chi connectivity index (χ1) is 10.6. The molecular weight excluding hydrogens is 274 g/mol. The van der Waals surface area contributed by atoms with Crippen molar-refractivity contribution >= 4 is 5.97 Å². The number of carbonyl (C=O) groups is 1. The molecule has 3 heteroatoms. The predicted octanol–water partition coefficient (Wildman–Crippen LogP) is 3.30. The second-order valence-corrected chi connectivity index (χ2v) is 6.15. The Bertz CT molecular complexity index is 653. The third-order valence-electron chi connectivity index (χ3n) is 4.43. The molecule has 0 bridgehead atoms. The molecule has 1 aliphatic heterocycles. The Morgan fingerprint density at radius 2 is 1.91 bits per heavy atom. The van der Waals surface area contributed by atoms with Crippen molar-refractivity contribution < 1.29 is 9.90 Å². The van der Waals surface area contributed by atoms with Crippen LogP contribution in [0, 0.1) is 12.8 Å². The zero-order valence-corrected chi connectivity index (χ0v) is 12.8. The van der Waals surface area contributed by atoms with Crippen LogP contribution in [0.4, 0.5) is 0 Å². The summed E-state index contributed by atoms with van der Waals surface area (Å²) < 4.78 is 0. The molecule has 0 radical (unpaired) electrons. The molecule has 3 rings (SSSR count). The van der Waals surface area contributed by atoms with Gasteiger partial charge < -0.3 is 5.11 Å². The van der Waals surface area contributed by atoms with E-state index in [4.69, 9.17) is 0 Å². The first-order valence-electron chi connectivity index (χ1n) is 7.69. The van der Waals surface area contributed by atoms with Crippen LogP contribution >= 0.6 is 0 Å². The summed E-state index contributed by atoms with van der Waals surface area (Å²) in [6.45, 7) is 4.28. The van der Waals surface area contributed by atoms with Gasteiger partial charge in [-0.05, 0) is 18.1 Å². The van der Waals surface area contributed by atoms with Crippen molar-refractivity contribution in [1.29, 1.82) is 0 Å².